The highest BCUT2D eigenvalue weighted by Crippen LogP contribution is 2.39. The molecule has 0 spiro atoms. The van der Waals surface area contributed by atoms with Gasteiger partial charge in [-0.25, -0.2) is 22.5 Å². The second-order valence-electron chi connectivity index (χ2n) is 9.98. The van der Waals surface area contributed by atoms with Crippen LogP contribution in [0.1, 0.15) is 71.1 Å². The molecule has 1 atom stereocenters. The van der Waals surface area contributed by atoms with E-state index in [0.29, 0.717) is 59.2 Å². The van der Waals surface area contributed by atoms with E-state index in [1.54, 1.807) is 6.07 Å². The number of methoxy groups -OCH3 is 1. The van der Waals surface area contributed by atoms with Crippen LogP contribution in [0.2, 0.25) is 0 Å². The number of carbonyl (C=O) groups excluding carboxylic acids is 1. The lowest BCUT2D eigenvalue weighted by molar-refractivity contribution is -0.155. The summed E-state index contributed by atoms with van der Waals surface area (Å²) >= 11 is 1.41. The number of hydrogen-bond donors (Lipinski definition) is 0. The monoisotopic (exact) mass is 648 g/mol. The maximum atomic E-state index is 13.3. The molecule has 1 aromatic carbocycles. The van der Waals surface area contributed by atoms with Crippen LogP contribution in [0.5, 0.6) is 11.5 Å². The molecule has 17 heteroatoms. The van der Waals surface area contributed by atoms with Crippen molar-refractivity contribution in [2.24, 2.45) is 0 Å². The van der Waals surface area contributed by atoms with Gasteiger partial charge in [0.15, 0.2) is 0 Å². The van der Waals surface area contributed by atoms with Gasteiger partial charge in [-0.2, -0.15) is 13.5 Å². The fraction of sp³-hybridized carbons (Fsp3) is 0.500. The Morgan fingerprint density at radius 1 is 1.09 bits per heavy atom. The van der Waals surface area contributed by atoms with E-state index in [4.69, 9.17) is 23.4 Å². The second kappa shape index (κ2) is 12.8. The first kappa shape index (κ1) is 31.2. The summed E-state index contributed by atoms with van der Waals surface area (Å²) in [6.07, 6.45) is -4.84. The second-order valence-corrected chi connectivity index (χ2v) is 12.4. The largest absolute Gasteiger partial charge is 0.496 e. The SMILES string of the molecule is COc1ccc(OS(C)(=O)=O)c2c1COC(c1csc(C3CCN(C(=O)Cn4nc(C(F)F)cc4C(F)F)CC3)n1)OC2. The van der Waals surface area contributed by atoms with Gasteiger partial charge in [-0.05, 0) is 31.0 Å². The van der Waals surface area contributed by atoms with Crippen molar-refractivity contribution in [1.29, 1.82) is 0 Å². The van der Waals surface area contributed by atoms with E-state index in [0.717, 1.165) is 11.3 Å². The van der Waals surface area contributed by atoms with Gasteiger partial charge in [0.25, 0.3) is 12.9 Å². The fourth-order valence-electron chi connectivity index (χ4n) is 5.00. The van der Waals surface area contributed by atoms with Crippen molar-refractivity contribution in [3.8, 4) is 11.5 Å². The lowest BCUT2D eigenvalue weighted by Crippen LogP contribution is -2.40. The number of aromatic nitrogens is 3. The third kappa shape index (κ3) is 7.11. The maximum absolute atomic E-state index is 13.3. The molecule has 1 fully saturated rings. The molecule has 3 aromatic rings. The smallest absolute Gasteiger partial charge is 0.306 e. The van der Waals surface area contributed by atoms with Crippen LogP contribution >= 0.6 is 11.3 Å². The molecule has 1 unspecified atom stereocenters. The van der Waals surface area contributed by atoms with E-state index in [2.05, 4.69) is 5.10 Å². The first-order valence-electron chi connectivity index (χ1n) is 13.1. The Morgan fingerprint density at radius 3 is 2.35 bits per heavy atom. The Morgan fingerprint density at radius 2 is 1.74 bits per heavy atom. The van der Waals surface area contributed by atoms with Gasteiger partial charge < -0.3 is 23.3 Å². The van der Waals surface area contributed by atoms with Crippen molar-refractivity contribution in [2.75, 3.05) is 26.5 Å². The van der Waals surface area contributed by atoms with E-state index in [1.807, 2.05) is 5.38 Å². The minimum absolute atomic E-state index is 0.0161. The molecule has 11 nitrogen and oxygen atoms in total. The number of fused-ring (bicyclic) bond motifs is 1. The standard InChI is InChI=1S/C26H28F4N4O7S2/c1-38-20-3-4-21(41-43(2,36)37)16-12-40-26(39-11-15(16)20)18-13-42-25(31-18)14-5-7-33(8-6-14)22(35)10-34-19(24(29)30)9-17(32-34)23(27)28/h3-4,9,13-14,23-24,26H,5-8,10-12H2,1-2H3. The van der Waals surface area contributed by atoms with Crippen LogP contribution in [-0.2, 0) is 44.1 Å². The van der Waals surface area contributed by atoms with Crippen LogP contribution < -0.4 is 8.92 Å². The third-order valence-electron chi connectivity index (χ3n) is 7.10. The molecule has 43 heavy (non-hydrogen) atoms. The molecule has 0 aliphatic carbocycles. The van der Waals surface area contributed by atoms with Gasteiger partial charge in [0.1, 0.15) is 35.1 Å². The quantitative estimate of drug-likeness (QED) is 0.240. The lowest BCUT2D eigenvalue weighted by Gasteiger charge is -2.31. The van der Waals surface area contributed by atoms with Crippen LogP contribution in [0.4, 0.5) is 17.6 Å². The molecule has 2 aliphatic rings. The molecular formula is C26H28F4N4O7S2. The Hall–Kier alpha value is -3.28. The molecule has 0 bridgehead atoms. The summed E-state index contributed by atoms with van der Waals surface area (Å²) in [7, 11) is -2.30. The highest BCUT2D eigenvalue weighted by molar-refractivity contribution is 7.86. The Bertz CT molecular complexity index is 1570. The number of ether oxygens (including phenoxy) is 3. The number of hydrogen-bond acceptors (Lipinski definition) is 10. The summed E-state index contributed by atoms with van der Waals surface area (Å²) in [5.74, 6) is 0.147. The van der Waals surface area contributed by atoms with E-state index in [-0.39, 0.29) is 24.9 Å². The average Bonchev–Trinajstić information content (AvgIpc) is 3.56. The summed E-state index contributed by atoms with van der Waals surface area (Å²) in [6, 6.07) is 3.70. The van der Waals surface area contributed by atoms with Crippen molar-refractivity contribution >= 4 is 27.4 Å². The molecule has 1 amide bonds. The summed E-state index contributed by atoms with van der Waals surface area (Å²) < 4.78 is 99.1. The molecule has 4 heterocycles. The number of piperidine rings is 1. The zero-order chi connectivity index (χ0) is 30.9. The number of carbonyl (C=O) groups is 1. The molecular weight excluding hydrogens is 620 g/mol. The number of halogens is 4. The summed E-state index contributed by atoms with van der Waals surface area (Å²) in [5.41, 5.74) is 0.0935. The summed E-state index contributed by atoms with van der Waals surface area (Å²) in [6.45, 7) is 0.149. The Labute approximate surface area is 248 Å². The number of alkyl halides is 4. The van der Waals surface area contributed by atoms with E-state index >= 15 is 0 Å². The minimum atomic E-state index is -3.78. The van der Waals surface area contributed by atoms with E-state index in [9.17, 15) is 30.8 Å². The van der Waals surface area contributed by atoms with Crippen molar-refractivity contribution < 1.29 is 49.2 Å². The lowest BCUT2D eigenvalue weighted by atomic mass is 9.97. The van der Waals surface area contributed by atoms with E-state index < -0.39 is 53.1 Å². The third-order valence-corrected chi connectivity index (χ3v) is 8.61. The first-order chi connectivity index (χ1) is 20.4. The van der Waals surface area contributed by atoms with Gasteiger partial charge in [-0.1, -0.05) is 0 Å². The van der Waals surface area contributed by atoms with Crippen LogP contribution in [0.15, 0.2) is 23.6 Å². The predicted octanol–water partition coefficient (Wildman–Crippen LogP) is 4.71. The normalized spacial score (nSPS) is 18.1. The molecule has 2 aliphatic heterocycles. The number of benzene rings is 1. The molecule has 234 valence electrons. The number of nitrogens with zero attached hydrogens (tertiary/aromatic N) is 4. The molecule has 0 N–H and O–H groups in total. The van der Waals surface area contributed by atoms with Crippen LogP contribution in [0.3, 0.4) is 0 Å². The number of amides is 1. The van der Waals surface area contributed by atoms with Crippen LogP contribution in [-0.4, -0.2) is 60.4 Å². The first-order valence-corrected chi connectivity index (χ1v) is 15.8. The van der Waals surface area contributed by atoms with Crippen molar-refractivity contribution in [1.82, 2.24) is 19.7 Å². The van der Waals surface area contributed by atoms with Gasteiger partial charge in [0.2, 0.25) is 12.2 Å². The van der Waals surface area contributed by atoms with E-state index in [1.165, 1.54) is 29.4 Å². The number of thiazole rings is 1. The van der Waals surface area contributed by atoms with Crippen LogP contribution in [0.25, 0.3) is 0 Å². The molecule has 0 saturated carbocycles. The highest BCUT2D eigenvalue weighted by atomic mass is 32.2. The Balaban J connectivity index is 1.21. The highest BCUT2D eigenvalue weighted by Gasteiger charge is 2.31. The maximum Gasteiger partial charge on any atom is 0.306 e. The average molecular weight is 649 g/mol. The molecule has 5 rings (SSSR count). The van der Waals surface area contributed by atoms with Crippen LogP contribution in [0, 0.1) is 0 Å². The molecule has 1 saturated heterocycles. The number of likely N-dealkylation sites (tertiary alicyclic amines) is 1. The molecule has 2 aromatic heterocycles. The topological polar surface area (TPSA) is 122 Å². The fourth-order valence-corrected chi connectivity index (χ4v) is 6.47. The van der Waals surface area contributed by atoms with Gasteiger partial charge >= 0.3 is 10.1 Å². The predicted molar refractivity (Wildman–Crippen MR) is 144 cm³/mol. The van der Waals surface area contributed by atoms with Crippen molar-refractivity contribution in [3.05, 3.63) is 56.8 Å². The zero-order valence-electron chi connectivity index (χ0n) is 23.0. The van der Waals surface area contributed by atoms with Crippen molar-refractivity contribution in [3.63, 3.8) is 0 Å². The number of rotatable bonds is 9. The van der Waals surface area contributed by atoms with Crippen molar-refractivity contribution in [2.45, 2.75) is 57.7 Å². The Kier molecular flexibility index (Phi) is 9.24. The van der Waals surface area contributed by atoms with Gasteiger partial charge in [-0.15, -0.1) is 11.3 Å². The molecule has 0 radical (unpaired) electrons. The van der Waals surface area contributed by atoms with Gasteiger partial charge in [-0.3, -0.25) is 9.48 Å². The van der Waals surface area contributed by atoms with Gasteiger partial charge in [0.05, 0.1) is 31.6 Å². The van der Waals surface area contributed by atoms with Gasteiger partial charge in [0, 0.05) is 35.5 Å². The zero-order valence-corrected chi connectivity index (χ0v) is 24.7. The summed E-state index contributed by atoms with van der Waals surface area (Å²) in [5, 5.41) is 6.11. The minimum Gasteiger partial charge on any atom is -0.496 e. The summed E-state index contributed by atoms with van der Waals surface area (Å²) in [4.78, 5) is 19.0.